The first-order valence-electron chi connectivity index (χ1n) is 9.26. The molecule has 0 fully saturated rings. The fourth-order valence-electron chi connectivity index (χ4n) is 3.20. The van der Waals surface area contributed by atoms with E-state index in [2.05, 4.69) is 20.9 Å². The molecule has 2 aromatic carbocycles. The number of fused-ring (bicyclic) bond motifs is 1. The summed E-state index contributed by atoms with van der Waals surface area (Å²) >= 11 is 4.92. The van der Waals surface area contributed by atoms with Gasteiger partial charge in [-0.05, 0) is 44.5 Å². The fraction of sp³-hybridized carbons (Fsp3) is 0.227. The topological polar surface area (TPSA) is 60.9 Å². The number of rotatable bonds is 5. The zero-order valence-corrected chi connectivity index (χ0v) is 18.8. The highest BCUT2D eigenvalue weighted by Gasteiger charge is 2.19. The van der Waals surface area contributed by atoms with Gasteiger partial charge >= 0.3 is 0 Å². The normalized spacial score (nSPS) is 12.4. The van der Waals surface area contributed by atoms with Crippen molar-refractivity contribution in [3.05, 3.63) is 86.3 Å². The van der Waals surface area contributed by atoms with Crippen LogP contribution in [0.1, 0.15) is 35.9 Å². The van der Waals surface area contributed by atoms with Crippen LogP contribution in [0.25, 0.3) is 10.9 Å². The summed E-state index contributed by atoms with van der Waals surface area (Å²) in [6.45, 7) is 5.84. The molecule has 0 radical (unpaired) electrons. The highest BCUT2D eigenvalue weighted by atomic mass is 79.9. The van der Waals surface area contributed by atoms with Gasteiger partial charge in [0.2, 0.25) is 5.89 Å². The van der Waals surface area contributed by atoms with Gasteiger partial charge in [0.1, 0.15) is 5.76 Å². The van der Waals surface area contributed by atoms with Crippen molar-refractivity contribution in [3.63, 3.8) is 0 Å². The Hall–Kier alpha value is -2.38. The van der Waals surface area contributed by atoms with E-state index in [9.17, 15) is 4.79 Å². The van der Waals surface area contributed by atoms with Gasteiger partial charge in [-0.3, -0.25) is 9.36 Å². The monoisotopic (exact) mass is 469 g/mol. The van der Waals surface area contributed by atoms with Crippen molar-refractivity contribution in [2.45, 2.75) is 37.7 Å². The van der Waals surface area contributed by atoms with E-state index in [-0.39, 0.29) is 11.6 Å². The van der Waals surface area contributed by atoms with Crippen LogP contribution in [0.2, 0.25) is 0 Å². The molecular formula is C22H20BrN3O2S. The fourth-order valence-corrected chi connectivity index (χ4v) is 4.48. The summed E-state index contributed by atoms with van der Waals surface area (Å²) in [7, 11) is 0. The quantitative estimate of drug-likeness (QED) is 0.278. The van der Waals surface area contributed by atoms with E-state index in [1.807, 2.05) is 69.3 Å². The summed E-state index contributed by atoms with van der Waals surface area (Å²) in [4.78, 5) is 22.7. The summed E-state index contributed by atoms with van der Waals surface area (Å²) in [6, 6.07) is 15.4. The molecule has 4 aromatic rings. The predicted molar refractivity (Wildman–Crippen MR) is 119 cm³/mol. The predicted octanol–water partition coefficient (Wildman–Crippen LogP) is 5.67. The third kappa shape index (κ3) is 4.02. The van der Waals surface area contributed by atoms with Gasteiger partial charge in [-0.1, -0.05) is 58.0 Å². The molecule has 0 aliphatic heterocycles. The molecule has 29 heavy (non-hydrogen) atoms. The molecule has 2 heterocycles. The molecule has 148 valence electrons. The maximum Gasteiger partial charge on any atom is 0.262 e. The van der Waals surface area contributed by atoms with Crippen LogP contribution in [-0.2, 0) is 5.75 Å². The van der Waals surface area contributed by atoms with Crippen molar-refractivity contribution >= 4 is 38.6 Å². The Bertz CT molecular complexity index is 1210. The lowest BCUT2D eigenvalue weighted by atomic mass is 10.1. The molecule has 1 atom stereocenters. The Labute approximate surface area is 181 Å². The highest BCUT2D eigenvalue weighted by molar-refractivity contribution is 9.10. The Balaban J connectivity index is 1.82. The van der Waals surface area contributed by atoms with Crippen LogP contribution < -0.4 is 5.56 Å². The number of aromatic nitrogens is 3. The molecule has 0 saturated carbocycles. The first-order chi connectivity index (χ1) is 13.9. The molecule has 0 amide bonds. The second-order valence-corrected chi connectivity index (χ2v) is 8.71. The van der Waals surface area contributed by atoms with Gasteiger partial charge in [0.15, 0.2) is 5.16 Å². The Morgan fingerprint density at radius 1 is 1.14 bits per heavy atom. The third-order valence-electron chi connectivity index (χ3n) is 4.90. The Morgan fingerprint density at radius 2 is 1.90 bits per heavy atom. The maximum absolute atomic E-state index is 13.4. The van der Waals surface area contributed by atoms with Crippen molar-refractivity contribution in [2.24, 2.45) is 0 Å². The molecular weight excluding hydrogens is 450 g/mol. The Kier molecular flexibility index (Phi) is 5.61. The number of hydrogen-bond donors (Lipinski definition) is 0. The molecule has 7 heteroatoms. The zero-order chi connectivity index (χ0) is 20.5. The number of thioether (sulfide) groups is 1. The summed E-state index contributed by atoms with van der Waals surface area (Å²) in [5, 5.41) is 1.24. The minimum Gasteiger partial charge on any atom is -0.445 e. The van der Waals surface area contributed by atoms with E-state index >= 15 is 0 Å². The van der Waals surface area contributed by atoms with E-state index in [1.165, 1.54) is 11.8 Å². The van der Waals surface area contributed by atoms with Gasteiger partial charge in [-0.2, -0.15) is 0 Å². The van der Waals surface area contributed by atoms with Crippen LogP contribution in [0.4, 0.5) is 0 Å². The minimum atomic E-state index is -0.157. The van der Waals surface area contributed by atoms with E-state index < -0.39 is 0 Å². The summed E-state index contributed by atoms with van der Waals surface area (Å²) in [5.41, 5.74) is 2.55. The SMILES string of the molecule is Cc1nc(CSc2nc3ccc(Br)cc3c(=O)n2C(C)c2ccccc2)oc1C. The van der Waals surface area contributed by atoms with Crippen LogP contribution in [-0.4, -0.2) is 14.5 Å². The highest BCUT2D eigenvalue weighted by Crippen LogP contribution is 2.28. The maximum atomic E-state index is 13.4. The molecule has 4 rings (SSSR count). The molecule has 0 aliphatic rings. The van der Waals surface area contributed by atoms with E-state index in [1.54, 1.807) is 4.57 Å². The molecule has 0 spiro atoms. The van der Waals surface area contributed by atoms with Crippen LogP contribution in [0.15, 0.2) is 67.4 Å². The van der Waals surface area contributed by atoms with Gasteiger partial charge in [0.25, 0.3) is 5.56 Å². The summed E-state index contributed by atoms with van der Waals surface area (Å²) in [6.07, 6.45) is 0. The lowest BCUT2D eigenvalue weighted by Gasteiger charge is -2.19. The minimum absolute atomic E-state index is 0.0603. The van der Waals surface area contributed by atoms with Crippen LogP contribution in [0, 0.1) is 13.8 Å². The van der Waals surface area contributed by atoms with E-state index in [0.717, 1.165) is 21.5 Å². The average Bonchev–Trinajstić information content (AvgIpc) is 3.04. The molecule has 0 saturated heterocycles. The van der Waals surface area contributed by atoms with Crippen molar-refractivity contribution in [2.75, 3.05) is 0 Å². The standard InChI is InChI=1S/C22H20BrN3O2S/c1-13-15(3)28-20(24-13)12-29-22-25-19-10-9-17(23)11-18(19)21(27)26(22)14(2)16-7-5-4-6-8-16/h4-11,14H,12H2,1-3H3. The molecule has 0 aliphatic carbocycles. The lowest BCUT2D eigenvalue weighted by Crippen LogP contribution is -2.27. The van der Waals surface area contributed by atoms with Gasteiger partial charge < -0.3 is 4.42 Å². The van der Waals surface area contributed by atoms with Crippen LogP contribution in [0.5, 0.6) is 0 Å². The molecule has 5 nitrogen and oxygen atoms in total. The first-order valence-corrected chi connectivity index (χ1v) is 11.0. The van der Waals surface area contributed by atoms with Gasteiger partial charge in [-0.25, -0.2) is 9.97 Å². The third-order valence-corrected chi connectivity index (χ3v) is 6.33. The second kappa shape index (κ2) is 8.16. The van der Waals surface area contributed by atoms with Crippen molar-refractivity contribution in [1.29, 1.82) is 0 Å². The largest absolute Gasteiger partial charge is 0.445 e. The van der Waals surface area contributed by atoms with E-state index in [0.29, 0.717) is 27.7 Å². The Morgan fingerprint density at radius 3 is 2.59 bits per heavy atom. The molecule has 0 bridgehead atoms. The van der Waals surface area contributed by atoms with Gasteiger partial charge in [0.05, 0.1) is 28.4 Å². The zero-order valence-electron chi connectivity index (χ0n) is 16.3. The van der Waals surface area contributed by atoms with E-state index in [4.69, 9.17) is 9.40 Å². The number of nitrogens with zero attached hydrogens (tertiary/aromatic N) is 3. The summed E-state index contributed by atoms with van der Waals surface area (Å²) < 4.78 is 8.32. The first kappa shape index (κ1) is 19.9. The number of hydrogen-bond acceptors (Lipinski definition) is 5. The van der Waals surface area contributed by atoms with Crippen molar-refractivity contribution < 1.29 is 4.42 Å². The number of benzene rings is 2. The molecule has 0 N–H and O–H groups in total. The lowest BCUT2D eigenvalue weighted by molar-refractivity contribution is 0.488. The van der Waals surface area contributed by atoms with Gasteiger partial charge in [0, 0.05) is 4.47 Å². The summed E-state index contributed by atoms with van der Waals surface area (Å²) in [5.74, 6) is 1.95. The smallest absolute Gasteiger partial charge is 0.262 e. The molecule has 2 aromatic heterocycles. The van der Waals surface area contributed by atoms with Crippen molar-refractivity contribution in [1.82, 2.24) is 14.5 Å². The number of oxazole rings is 1. The van der Waals surface area contributed by atoms with Crippen LogP contribution >= 0.6 is 27.7 Å². The molecule has 1 unspecified atom stereocenters. The average molecular weight is 470 g/mol. The van der Waals surface area contributed by atoms with Crippen LogP contribution in [0.3, 0.4) is 0 Å². The number of aryl methyl sites for hydroxylation is 2. The van der Waals surface area contributed by atoms with Gasteiger partial charge in [-0.15, -0.1) is 0 Å². The number of halogens is 1. The second-order valence-electron chi connectivity index (χ2n) is 6.86. The van der Waals surface area contributed by atoms with Crippen molar-refractivity contribution in [3.8, 4) is 0 Å².